The predicted molar refractivity (Wildman–Crippen MR) is 74.1 cm³/mol. The molecule has 1 aliphatic rings. The molecular formula is C14H20FNO2S. The monoisotopic (exact) mass is 285 g/mol. The molecule has 0 aromatic heterocycles. The highest BCUT2D eigenvalue weighted by Gasteiger charge is 2.24. The normalized spacial score (nSPS) is 22.6. The van der Waals surface area contributed by atoms with Crippen molar-refractivity contribution in [3.8, 4) is 0 Å². The summed E-state index contributed by atoms with van der Waals surface area (Å²) in [4.78, 5) is 2.99. The van der Waals surface area contributed by atoms with Gasteiger partial charge in [0.15, 0.2) is 0 Å². The zero-order valence-electron chi connectivity index (χ0n) is 11.3. The third kappa shape index (κ3) is 4.09. The highest BCUT2D eigenvalue weighted by Crippen LogP contribution is 2.14. The van der Waals surface area contributed by atoms with Gasteiger partial charge in [-0.3, -0.25) is 9.11 Å². The molecule has 0 spiro atoms. The van der Waals surface area contributed by atoms with Crippen LogP contribution in [0.15, 0.2) is 29.2 Å². The molecule has 0 amide bonds. The van der Waals surface area contributed by atoms with E-state index in [-0.39, 0.29) is 11.9 Å². The first-order valence-electron chi connectivity index (χ1n) is 6.56. The van der Waals surface area contributed by atoms with Crippen LogP contribution in [0.25, 0.3) is 0 Å². The Labute approximate surface area is 116 Å². The Morgan fingerprint density at radius 2 is 2.11 bits per heavy atom. The van der Waals surface area contributed by atoms with Crippen molar-refractivity contribution in [1.29, 1.82) is 0 Å². The lowest BCUT2D eigenvalue weighted by Crippen LogP contribution is -2.47. The average molecular weight is 285 g/mol. The molecule has 0 bridgehead atoms. The molecule has 2 rings (SSSR count). The van der Waals surface area contributed by atoms with Gasteiger partial charge in [-0.2, -0.15) is 0 Å². The first kappa shape index (κ1) is 14.6. The molecule has 0 N–H and O–H groups in total. The van der Waals surface area contributed by atoms with E-state index < -0.39 is 10.8 Å². The van der Waals surface area contributed by atoms with Gasteiger partial charge < -0.3 is 4.74 Å². The fourth-order valence-corrected chi connectivity index (χ4v) is 3.33. The summed E-state index contributed by atoms with van der Waals surface area (Å²) in [5, 5.41) is 0. The molecule has 1 aliphatic heterocycles. The van der Waals surface area contributed by atoms with Crippen molar-refractivity contribution < 1.29 is 13.3 Å². The van der Waals surface area contributed by atoms with Crippen LogP contribution in [0.1, 0.15) is 13.8 Å². The molecule has 1 aromatic carbocycles. The van der Waals surface area contributed by atoms with Gasteiger partial charge in [-0.1, -0.05) is 0 Å². The van der Waals surface area contributed by atoms with Gasteiger partial charge in [0.2, 0.25) is 0 Å². The molecule has 1 heterocycles. The second-order valence-corrected chi connectivity index (χ2v) is 6.54. The number of ether oxygens (including phenoxy) is 1. The quantitative estimate of drug-likeness (QED) is 0.848. The van der Waals surface area contributed by atoms with Crippen LogP contribution in [0.5, 0.6) is 0 Å². The number of morpholine rings is 1. The summed E-state index contributed by atoms with van der Waals surface area (Å²) in [7, 11) is -1.14. The van der Waals surface area contributed by atoms with E-state index in [9.17, 15) is 8.60 Å². The van der Waals surface area contributed by atoms with E-state index in [4.69, 9.17) is 4.74 Å². The molecule has 2 unspecified atom stereocenters. The van der Waals surface area contributed by atoms with E-state index in [2.05, 4.69) is 18.7 Å². The second kappa shape index (κ2) is 6.59. The number of benzene rings is 1. The molecule has 2 atom stereocenters. The van der Waals surface area contributed by atoms with Crippen molar-refractivity contribution in [3.05, 3.63) is 30.1 Å². The molecule has 1 saturated heterocycles. The van der Waals surface area contributed by atoms with Crippen LogP contribution >= 0.6 is 0 Å². The lowest BCUT2D eigenvalue weighted by molar-refractivity contribution is -0.0268. The summed E-state index contributed by atoms with van der Waals surface area (Å²) in [6.45, 7) is 6.73. The number of nitrogens with zero attached hydrogens (tertiary/aromatic N) is 1. The van der Waals surface area contributed by atoms with Crippen molar-refractivity contribution in [3.63, 3.8) is 0 Å². The fraction of sp³-hybridized carbons (Fsp3) is 0.571. The summed E-state index contributed by atoms with van der Waals surface area (Å²) >= 11 is 0. The predicted octanol–water partition coefficient (Wildman–Crippen LogP) is 2.04. The minimum atomic E-state index is -1.14. The van der Waals surface area contributed by atoms with Crippen LogP contribution in [0, 0.1) is 5.82 Å². The molecule has 1 fully saturated rings. The number of hydrogen-bond donors (Lipinski definition) is 0. The van der Waals surface area contributed by atoms with Crippen molar-refractivity contribution in [1.82, 2.24) is 4.90 Å². The first-order valence-corrected chi connectivity index (χ1v) is 7.87. The standard InChI is InChI=1S/C14H20FNO2S/c1-11(2)16-7-8-18-13(9-16)10-19(17)14-5-3-12(15)4-6-14/h3-6,11,13H,7-10H2,1-2H3. The number of rotatable bonds is 4. The Morgan fingerprint density at radius 3 is 2.74 bits per heavy atom. The maximum atomic E-state index is 12.8. The third-order valence-electron chi connectivity index (χ3n) is 3.31. The van der Waals surface area contributed by atoms with Crippen LogP contribution in [0.4, 0.5) is 4.39 Å². The molecule has 3 nitrogen and oxygen atoms in total. The molecule has 0 aliphatic carbocycles. The summed E-state index contributed by atoms with van der Waals surface area (Å²) in [6, 6.07) is 6.32. The van der Waals surface area contributed by atoms with Gasteiger partial charge in [-0.15, -0.1) is 0 Å². The van der Waals surface area contributed by atoms with E-state index in [0.29, 0.717) is 23.3 Å². The molecule has 106 valence electrons. The summed E-state index contributed by atoms with van der Waals surface area (Å²) in [5.74, 6) is 0.162. The number of hydrogen-bond acceptors (Lipinski definition) is 3. The highest BCUT2D eigenvalue weighted by atomic mass is 32.2. The van der Waals surface area contributed by atoms with Crippen molar-refractivity contribution in [2.75, 3.05) is 25.4 Å². The van der Waals surface area contributed by atoms with E-state index >= 15 is 0 Å². The van der Waals surface area contributed by atoms with Crippen molar-refractivity contribution >= 4 is 10.8 Å². The first-order chi connectivity index (χ1) is 9.06. The van der Waals surface area contributed by atoms with Gasteiger partial charge in [0.1, 0.15) is 5.82 Å². The molecule has 1 aromatic rings. The van der Waals surface area contributed by atoms with Gasteiger partial charge in [0.25, 0.3) is 0 Å². The van der Waals surface area contributed by atoms with Gasteiger partial charge in [0.05, 0.1) is 29.3 Å². The van der Waals surface area contributed by atoms with Crippen molar-refractivity contribution in [2.45, 2.75) is 30.9 Å². The Balaban J connectivity index is 1.93. The maximum Gasteiger partial charge on any atom is 0.123 e. The van der Waals surface area contributed by atoms with Crippen LogP contribution in [0.3, 0.4) is 0 Å². The molecule has 5 heteroatoms. The lowest BCUT2D eigenvalue weighted by atomic mass is 10.2. The van der Waals surface area contributed by atoms with E-state index in [1.807, 2.05) is 0 Å². The maximum absolute atomic E-state index is 12.8. The smallest absolute Gasteiger partial charge is 0.123 e. The highest BCUT2D eigenvalue weighted by molar-refractivity contribution is 7.85. The zero-order valence-corrected chi connectivity index (χ0v) is 12.2. The van der Waals surface area contributed by atoms with E-state index in [1.165, 1.54) is 12.1 Å². The molecule has 0 radical (unpaired) electrons. The van der Waals surface area contributed by atoms with Crippen LogP contribution in [-0.4, -0.2) is 46.7 Å². The largest absolute Gasteiger partial charge is 0.375 e. The van der Waals surface area contributed by atoms with Gasteiger partial charge in [-0.05, 0) is 38.1 Å². The van der Waals surface area contributed by atoms with Crippen LogP contribution in [0.2, 0.25) is 0 Å². The molecular weight excluding hydrogens is 265 g/mol. The number of halogens is 1. The molecule has 0 saturated carbocycles. The Bertz CT molecular complexity index is 436. The Hall–Kier alpha value is -0.780. The summed E-state index contributed by atoms with van der Waals surface area (Å²) < 4.78 is 30.7. The van der Waals surface area contributed by atoms with Crippen molar-refractivity contribution in [2.24, 2.45) is 0 Å². The minimum Gasteiger partial charge on any atom is -0.375 e. The second-order valence-electron chi connectivity index (χ2n) is 5.05. The van der Waals surface area contributed by atoms with Crippen LogP contribution < -0.4 is 0 Å². The van der Waals surface area contributed by atoms with Gasteiger partial charge in [-0.25, -0.2) is 4.39 Å². The van der Waals surface area contributed by atoms with Gasteiger partial charge >= 0.3 is 0 Å². The summed E-state index contributed by atoms with van der Waals surface area (Å²) in [6.07, 6.45) is -0.0120. The van der Waals surface area contributed by atoms with Crippen LogP contribution in [-0.2, 0) is 15.5 Å². The Morgan fingerprint density at radius 1 is 1.42 bits per heavy atom. The SMILES string of the molecule is CC(C)N1CCOC(CS(=O)c2ccc(F)cc2)C1. The average Bonchev–Trinajstić information content (AvgIpc) is 2.39. The minimum absolute atomic E-state index is 0.0120. The van der Waals surface area contributed by atoms with Gasteiger partial charge in [0, 0.05) is 24.0 Å². The van der Waals surface area contributed by atoms with E-state index in [0.717, 1.165) is 13.1 Å². The third-order valence-corrected chi connectivity index (χ3v) is 4.79. The molecule has 19 heavy (non-hydrogen) atoms. The topological polar surface area (TPSA) is 29.5 Å². The zero-order chi connectivity index (χ0) is 13.8. The fourth-order valence-electron chi connectivity index (χ4n) is 2.16. The lowest BCUT2D eigenvalue weighted by Gasteiger charge is -2.35. The summed E-state index contributed by atoms with van der Waals surface area (Å²) in [5.41, 5.74) is 0. The van der Waals surface area contributed by atoms with E-state index in [1.54, 1.807) is 12.1 Å². The Kier molecular flexibility index (Phi) is 5.07.